The lowest BCUT2D eigenvalue weighted by Gasteiger charge is -2.34. The van der Waals surface area contributed by atoms with Crippen molar-refractivity contribution in [3.05, 3.63) is 64.7 Å². The van der Waals surface area contributed by atoms with Gasteiger partial charge in [-0.2, -0.15) is 13.2 Å². The Balaban J connectivity index is 1.81. The molecule has 2 aromatic rings. The Kier molecular flexibility index (Phi) is 11.4. The molecule has 0 aliphatic heterocycles. The van der Waals surface area contributed by atoms with Gasteiger partial charge in [0.05, 0.1) is 7.11 Å². The molecule has 4 atom stereocenters. The monoisotopic (exact) mass is 607 g/mol. The number of benzene rings is 2. The van der Waals surface area contributed by atoms with E-state index in [1.807, 2.05) is 12.1 Å². The molecule has 0 heterocycles. The molecule has 10 heteroatoms. The van der Waals surface area contributed by atoms with Gasteiger partial charge in [-0.1, -0.05) is 63.1 Å². The zero-order chi connectivity index (χ0) is 31.2. The van der Waals surface area contributed by atoms with E-state index in [9.17, 15) is 32.3 Å². The second-order valence-electron chi connectivity index (χ2n) is 11.4. The van der Waals surface area contributed by atoms with Gasteiger partial charge in [0, 0.05) is 35.6 Å². The van der Waals surface area contributed by atoms with Crippen LogP contribution in [0.15, 0.2) is 48.5 Å². The molecule has 0 spiro atoms. The minimum Gasteiger partial charge on any atom is -0.497 e. The van der Waals surface area contributed by atoms with E-state index in [2.05, 4.69) is 5.32 Å². The number of rotatable bonds is 14. The Bertz CT molecular complexity index is 1260. The fraction of sp³-hybridized carbons (Fsp3) is 0.500. The molecular weight excluding hydrogens is 571 g/mol. The molecule has 1 saturated carbocycles. The number of Topliss-reactive ketones (excluding diaryl/α,β-unsaturated/α-hetero) is 3. The van der Waals surface area contributed by atoms with E-state index in [-0.39, 0.29) is 24.0 Å². The van der Waals surface area contributed by atoms with Crippen molar-refractivity contribution in [2.75, 3.05) is 7.11 Å². The van der Waals surface area contributed by atoms with Gasteiger partial charge in [0.1, 0.15) is 17.6 Å². The van der Waals surface area contributed by atoms with Crippen LogP contribution in [0.3, 0.4) is 0 Å². The standard InChI is InChI=1S/C32H37ClF3NO5/c1-18(2)25(30(40)32(34,35)36)17-27(39)29(22-10-14-24(42-4)15-11-22)37-31(41)19(3)16-26(38)28(20-6-5-7-20)21-8-12-23(33)13-9-21/h8-15,18-20,25,28-29H,5-7,16-17H2,1-4H3,(H,37,41)/t19-,25+,28-,29+/m1/s1. The summed E-state index contributed by atoms with van der Waals surface area (Å²) in [7, 11) is 1.45. The van der Waals surface area contributed by atoms with E-state index in [0.717, 1.165) is 24.8 Å². The number of halogens is 4. The van der Waals surface area contributed by atoms with Crippen LogP contribution < -0.4 is 10.1 Å². The van der Waals surface area contributed by atoms with E-state index in [1.165, 1.54) is 33.1 Å². The molecule has 0 aromatic heterocycles. The van der Waals surface area contributed by atoms with Crippen LogP contribution in [0.1, 0.15) is 76.0 Å². The van der Waals surface area contributed by atoms with E-state index in [1.54, 1.807) is 31.2 Å². The van der Waals surface area contributed by atoms with Crippen LogP contribution in [0.5, 0.6) is 5.75 Å². The molecule has 1 amide bonds. The van der Waals surface area contributed by atoms with E-state index in [0.29, 0.717) is 16.3 Å². The lowest BCUT2D eigenvalue weighted by molar-refractivity contribution is -0.177. The van der Waals surface area contributed by atoms with Gasteiger partial charge >= 0.3 is 6.18 Å². The van der Waals surface area contributed by atoms with Crippen LogP contribution in [-0.4, -0.2) is 36.5 Å². The van der Waals surface area contributed by atoms with Gasteiger partial charge in [-0.25, -0.2) is 0 Å². The maximum absolute atomic E-state index is 13.5. The summed E-state index contributed by atoms with van der Waals surface area (Å²) in [5.41, 5.74) is 1.16. The molecule has 1 N–H and O–H groups in total. The van der Waals surface area contributed by atoms with Gasteiger partial charge in [-0.15, -0.1) is 0 Å². The Hall–Kier alpha value is -3.20. The number of carbonyl (C=O) groups is 4. The molecule has 42 heavy (non-hydrogen) atoms. The molecule has 228 valence electrons. The van der Waals surface area contributed by atoms with E-state index in [4.69, 9.17) is 16.3 Å². The van der Waals surface area contributed by atoms with Gasteiger partial charge in [0.2, 0.25) is 11.7 Å². The fourth-order valence-electron chi connectivity index (χ4n) is 5.29. The summed E-state index contributed by atoms with van der Waals surface area (Å²) >= 11 is 6.03. The molecule has 1 fully saturated rings. The topological polar surface area (TPSA) is 89.5 Å². The second kappa shape index (κ2) is 14.3. The van der Waals surface area contributed by atoms with Crippen molar-refractivity contribution in [2.24, 2.45) is 23.7 Å². The Morgan fingerprint density at radius 2 is 1.48 bits per heavy atom. The smallest absolute Gasteiger partial charge is 0.450 e. The van der Waals surface area contributed by atoms with Crippen molar-refractivity contribution in [3.8, 4) is 5.75 Å². The molecule has 0 bridgehead atoms. The summed E-state index contributed by atoms with van der Waals surface area (Å²) in [4.78, 5) is 52.4. The number of nitrogens with one attached hydrogen (secondary N) is 1. The summed E-state index contributed by atoms with van der Waals surface area (Å²) in [5.74, 6) is -6.33. The molecule has 0 radical (unpaired) electrons. The van der Waals surface area contributed by atoms with Crippen molar-refractivity contribution < 1.29 is 37.1 Å². The Morgan fingerprint density at radius 3 is 1.95 bits per heavy atom. The minimum absolute atomic E-state index is 0.0830. The first-order valence-corrected chi connectivity index (χ1v) is 14.5. The molecule has 0 unspecified atom stereocenters. The van der Waals surface area contributed by atoms with Crippen LogP contribution >= 0.6 is 11.6 Å². The van der Waals surface area contributed by atoms with Crippen molar-refractivity contribution in [2.45, 2.75) is 71.0 Å². The maximum atomic E-state index is 13.5. The van der Waals surface area contributed by atoms with Crippen molar-refractivity contribution in [1.82, 2.24) is 5.32 Å². The van der Waals surface area contributed by atoms with E-state index >= 15 is 0 Å². The highest BCUT2D eigenvalue weighted by Crippen LogP contribution is 2.41. The zero-order valence-electron chi connectivity index (χ0n) is 24.2. The minimum atomic E-state index is -5.09. The molecule has 1 aliphatic rings. The molecule has 2 aromatic carbocycles. The summed E-state index contributed by atoms with van der Waals surface area (Å²) in [5, 5.41) is 3.20. The lowest BCUT2D eigenvalue weighted by atomic mass is 9.70. The van der Waals surface area contributed by atoms with Crippen molar-refractivity contribution >= 4 is 34.9 Å². The maximum Gasteiger partial charge on any atom is 0.450 e. The number of alkyl halides is 3. The van der Waals surface area contributed by atoms with Gasteiger partial charge in [-0.05, 0) is 60.1 Å². The quantitative estimate of drug-likeness (QED) is 0.249. The van der Waals surface area contributed by atoms with Crippen LogP contribution in [0.2, 0.25) is 5.02 Å². The average Bonchev–Trinajstić information content (AvgIpc) is 2.91. The highest BCUT2D eigenvalue weighted by molar-refractivity contribution is 6.30. The highest BCUT2D eigenvalue weighted by atomic mass is 35.5. The zero-order valence-corrected chi connectivity index (χ0v) is 24.9. The first kappa shape index (κ1) is 33.3. The third-order valence-electron chi connectivity index (χ3n) is 8.05. The predicted molar refractivity (Wildman–Crippen MR) is 153 cm³/mol. The second-order valence-corrected chi connectivity index (χ2v) is 11.8. The number of ketones is 3. The number of hydrogen-bond acceptors (Lipinski definition) is 5. The lowest BCUT2D eigenvalue weighted by Crippen LogP contribution is -2.41. The predicted octanol–water partition coefficient (Wildman–Crippen LogP) is 7.05. The SMILES string of the molecule is COc1ccc([C@H](NC(=O)[C@H](C)CC(=O)[C@@H](c2ccc(Cl)cc2)C2CCC2)C(=O)C[C@H](C(=O)C(F)(F)F)C(C)C)cc1. The molecule has 6 nitrogen and oxygen atoms in total. The normalized spacial score (nSPS) is 16.6. The van der Waals surface area contributed by atoms with Gasteiger partial charge < -0.3 is 10.1 Å². The van der Waals surface area contributed by atoms with E-state index < -0.39 is 53.9 Å². The van der Waals surface area contributed by atoms with Crippen molar-refractivity contribution in [3.63, 3.8) is 0 Å². The molecule has 0 saturated heterocycles. The van der Waals surface area contributed by atoms with Gasteiger partial charge in [0.25, 0.3) is 0 Å². The Morgan fingerprint density at radius 1 is 0.905 bits per heavy atom. The summed E-state index contributed by atoms with van der Waals surface area (Å²) in [6.45, 7) is 4.46. The third-order valence-corrected chi connectivity index (χ3v) is 8.30. The molecule has 3 rings (SSSR count). The Labute approximate surface area is 249 Å². The third kappa shape index (κ3) is 8.43. The van der Waals surface area contributed by atoms with Crippen LogP contribution in [0, 0.1) is 23.7 Å². The number of methoxy groups -OCH3 is 1. The van der Waals surface area contributed by atoms with Crippen LogP contribution in [-0.2, 0) is 19.2 Å². The first-order valence-electron chi connectivity index (χ1n) is 14.1. The largest absolute Gasteiger partial charge is 0.497 e. The van der Waals surface area contributed by atoms with Crippen molar-refractivity contribution in [1.29, 1.82) is 0 Å². The number of amides is 1. The fourth-order valence-corrected chi connectivity index (χ4v) is 5.42. The summed E-state index contributed by atoms with van der Waals surface area (Å²) < 4.78 is 44.9. The van der Waals surface area contributed by atoms with Gasteiger partial charge in [-0.3, -0.25) is 19.2 Å². The van der Waals surface area contributed by atoms with Crippen LogP contribution in [0.25, 0.3) is 0 Å². The van der Waals surface area contributed by atoms with Crippen LogP contribution in [0.4, 0.5) is 13.2 Å². The molecular formula is C32H37ClF3NO5. The number of hydrogen-bond donors (Lipinski definition) is 1. The molecule has 1 aliphatic carbocycles. The summed E-state index contributed by atoms with van der Waals surface area (Å²) in [6.07, 6.45) is -3.05. The number of carbonyl (C=O) groups excluding carboxylic acids is 4. The van der Waals surface area contributed by atoms with Gasteiger partial charge in [0.15, 0.2) is 5.78 Å². The average molecular weight is 608 g/mol. The highest BCUT2D eigenvalue weighted by Gasteiger charge is 2.45. The first-order chi connectivity index (χ1) is 19.7. The summed E-state index contributed by atoms with van der Waals surface area (Å²) in [6, 6.07) is 12.0. The number of ether oxygens (including phenoxy) is 1.